The Morgan fingerprint density at radius 1 is 1.35 bits per heavy atom. The molecular formula is C18H21FN4O3. The van der Waals surface area contributed by atoms with Crippen LogP contribution in [0.5, 0.6) is 0 Å². The predicted octanol–water partition coefficient (Wildman–Crippen LogP) is 2.02. The van der Waals surface area contributed by atoms with Crippen molar-refractivity contribution in [1.82, 2.24) is 14.9 Å². The van der Waals surface area contributed by atoms with E-state index < -0.39 is 5.97 Å². The number of ether oxygens (including phenoxy) is 1. The average molecular weight is 360 g/mol. The molecule has 2 unspecified atom stereocenters. The maximum Gasteiger partial charge on any atom is 0.373 e. The highest BCUT2D eigenvalue weighted by Crippen LogP contribution is 2.36. The van der Waals surface area contributed by atoms with Crippen LogP contribution < -0.4 is 4.90 Å². The summed E-state index contributed by atoms with van der Waals surface area (Å²) in [6, 6.07) is 4.07. The highest BCUT2D eigenvalue weighted by atomic mass is 19.1. The fourth-order valence-corrected chi connectivity index (χ4v) is 3.83. The molecule has 0 aromatic carbocycles. The maximum absolute atomic E-state index is 14.5. The summed E-state index contributed by atoms with van der Waals surface area (Å²) in [5.74, 6) is 0.561. The van der Waals surface area contributed by atoms with E-state index in [0.717, 1.165) is 25.3 Å². The second-order valence-electron chi connectivity index (χ2n) is 6.69. The molecule has 5 heterocycles. The van der Waals surface area contributed by atoms with Crippen molar-refractivity contribution in [3.05, 3.63) is 41.5 Å². The van der Waals surface area contributed by atoms with Gasteiger partial charge in [0.05, 0.1) is 19.3 Å². The fourth-order valence-electron chi connectivity index (χ4n) is 3.83. The SMILES string of the molecule is CCc1ncnc(N2CC3CC(C2)N3Cc2ccc(C(=O)OC)o2)c1F. The number of nitrogens with zero attached hydrogens (tertiary/aromatic N) is 4. The summed E-state index contributed by atoms with van der Waals surface area (Å²) < 4.78 is 24.7. The molecule has 0 aliphatic carbocycles. The Morgan fingerprint density at radius 3 is 2.81 bits per heavy atom. The average Bonchev–Trinajstić information content (AvgIpc) is 3.14. The number of halogens is 1. The quantitative estimate of drug-likeness (QED) is 0.756. The summed E-state index contributed by atoms with van der Waals surface area (Å²) in [6.07, 6.45) is 3.07. The van der Waals surface area contributed by atoms with Crippen molar-refractivity contribution >= 4 is 11.8 Å². The Kier molecular flexibility index (Phi) is 4.36. The van der Waals surface area contributed by atoms with Gasteiger partial charge in [-0.15, -0.1) is 0 Å². The molecule has 3 saturated heterocycles. The first-order valence-corrected chi connectivity index (χ1v) is 8.77. The molecule has 2 atom stereocenters. The topological polar surface area (TPSA) is 71.7 Å². The zero-order valence-corrected chi connectivity index (χ0v) is 14.8. The monoisotopic (exact) mass is 360 g/mol. The Bertz CT molecular complexity index is 813. The lowest BCUT2D eigenvalue weighted by molar-refractivity contribution is -0.0142. The molecule has 3 fully saturated rings. The van der Waals surface area contributed by atoms with E-state index in [2.05, 4.69) is 19.6 Å². The Balaban J connectivity index is 1.43. The third-order valence-electron chi connectivity index (χ3n) is 5.21. The number of furan rings is 1. The van der Waals surface area contributed by atoms with Crippen LogP contribution in [0.2, 0.25) is 0 Å². The molecule has 2 aromatic heterocycles. The van der Waals surface area contributed by atoms with Gasteiger partial charge in [-0.1, -0.05) is 6.92 Å². The first kappa shape index (κ1) is 17.0. The molecule has 0 amide bonds. The maximum atomic E-state index is 14.5. The lowest BCUT2D eigenvalue weighted by Crippen LogP contribution is -2.68. The van der Waals surface area contributed by atoms with Crippen molar-refractivity contribution in [2.45, 2.75) is 38.4 Å². The third kappa shape index (κ3) is 2.84. The van der Waals surface area contributed by atoms with Gasteiger partial charge >= 0.3 is 5.97 Å². The van der Waals surface area contributed by atoms with Gasteiger partial charge in [0.15, 0.2) is 11.6 Å². The summed E-state index contributed by atoms with van der Waals surface area (Å²) in [5.41, 5.74) is 0.456. The molecule has 0 saturated carbocycles. The van der Waals surface area contributed by atoms with Gasteiger partial charge in [-0.2, -0.15) is 0 Å². The van der Waals surface area contributed by atoms with Crippen LogP contribution in [0, 0.1) is 5.82 Å². The smallest absolute Gasteiger partial charge is 0.373 e. The lowest BCUT2D eigenvalue weighted by atomic mass is 9.87. The van der Waals surface area contributed by atoms with Crippen molar-refractivity contribution in [3.63, 3.8) is 0 Å². The summed E-state index contributed by atoms with van der Waals surface area (Å²) in [7, 11) is 1.33. The number of fused-ring (bicyclic) bond motifs is 2. The molecule has 2 aromatic rings. The van der Waals surface area contributed by atoms with E-state index in [0.29, 0.717) is 36.6 Å². The van der Waals surface area contributed by atoms with Gasteiger partial charge in [0.2, 0.25) is 5.76 Å². The number of anilines is 1. The van der Waals surface area contributed by atoms with Gasteiger partial charge in [-0.05, 0) is 25.0 Å². The van der Waals surface area contributed by atoms with E-state index in [1.807, 2.05) is 11.8 Å². The summed E-state index contributed by atoms with van der Waals surface area (Å²) >= 11 is 0. The normalized spacial score (nSPS) is 22.2. The van der Waals surface area contributed by atoms with Crippen LogP contribution in [0.1, 0.15) is 35.4 Å². The van der Waals surface area contributed by atoms with Crippen LogP contribution in [-0.4, -0.2) is 53.1 Å². The first-order chi connectivity index (χ1) is 12.6. The van der Waals surface area contributed by atoms with E-state index in [1.165, 1.54) is 13.4 Å². The predicted molar refractivity (Wildman–Crippen MR) is 91.4 cm³/mol. The zero-order chi connectivity index (χ0) is 18.3. The van der Waals surface area contributed by atoms with E-state index in [-0.39, 0.29) is 11.6 Å². The van der Waals surface area contributed by atoms with E-state index in [4.69, 9.17) is 4.42 Å². The van der Waals surface area contributed by atoms with Gasteiger partial charge in [-0.3, -0.25) is 4.90 Å². The van der Waals surface area contributed by atoms with Crippen LogP contribution in [0.25, 0.3) is 0 Å². The number of carbonyl (C=O) groups excluding carboxylic acids is 1. The van der Waals surface area contributed by atoms with Crippen molar-refractivity contribution < 1.29 is 18.3 Å². The van der Waals surface area contributed by atoms with Gasteiger partial charge in [0.1, 0.15) is 12.1 Å². The third-order valence-corrected chi connectivity index (χ3v) is 5.21. The Hall–Kier alpha value is -2.48. The van der Waals surface area contributed by atoms with Crippen molar-refractivity contribution in [2.24, 2.45) is 0 Å². The highest BCUT2D eigenvalue weighted by Gasteiger charge is 2.45. The van der Waals surface area contributed by atoms with Crippen LogP contribution in [0.3, 0.4) is 0 Å². The van der Waals surface area contributed by atoms with Gasteiger partial charge in [-0.25, -0.2) is 19.2 Å². The number of methoxy groups -OCH3 is 1. The van der Waals surface area contributed by atoms with E-state index in [1.54, 1.807) is 12.1 Å². The molecule has 2 bridgehead atoms. The molecular weight excluding hydrogens is 339 g/mol. The van der Waals surface area contributed by atoms with Crippen molar-refractivity contribution in [1.29, 1.82) is 0 Å². The minimum atomic E-state index is -0.475. The minimum Gasteiger partial charge on any atom is -0.463 e. The Morgan fingerprint density at radius 2 is 2.12 bits per heavy atom. The summed E-state index contributed by atoms with van der Waals surface area (Å²) in [4.78, 5) is 24.0. The second-order valence-corrected chi connectivity index (χ2v) is 6.69. The standard InChI is InChI=1S/C18H21FN4O3/c1-3-14-16(19)17(21-10-20-14)22-7-11-6-12(8-22)23(11)9-13-4-5-15(26-13)18(24)25-2/h4-5,10-12H,3,6-9H2,1-2H3. The molecule has 5 rings (SSSR count). The van der Waals surface area contributed by atoms with E-state index >= 15 is 0 Å². The number of carbonyl (C=O) groups is 1. The molecule has 0 radical (unpaired) electrons. The molecule has 3 aliphatic heterocycles. The Labute approximate surface area is 150 Å². The number of aryl methyl sites for hydroxylation is 1. The van der Waals surface area contributed by atoms with Crippen molar-refractivity contribution in [3.8, 4) is 0 Å². The zero-order valence-electron chi connectivity index (χ0n) is 14.8. The summed E-state index contributed by atoms with van der Waals surface area (Å²) in [5, 5.41) is 0. The number of piperazine rings is 1. The molecule has 0 spiro atoms. The number of hydrogen-bond donors (Lipinski definition) is 0. The van der Waals surface area contributed by atoms with Crippen LogP contribution in [0.4, 0.5) is 10.2 Å². The number of hydrogen-bond acceptors (Lipinski definition) is 7. The highest BCUT2D eigenvalue weighted by molar-refractivity contribution is 5.86. The van der Waals surface area contributed by atoms with Gasteiger partial charge in [0, 0.05) is 25.2 Å². The second kappa shape index (κ2) is 6.68. The number of esters is 1. The first-order valence-electron chi connectivity index (χ1n) is 8.77. The van der Waals surface area contributed by atoms with E-state index in [9.17, 15) is 9.18 Å². The number of rotatable bonds is 5. The summed E-state index contributed by atoms with van der Waals surface area (Å²) in [6.45, 7) is 3.96. The van der Waals surface area contributed by atoms with Gasteiger partial charge in [0.25, 0.3) is 0 Å². The molecule has 3 aliphatic rings. The number of piperidine rings is 1. The van der Waals surface area contributed by atoms with Crippen LogP contribution in [-0.2, 0) is 17.7 Å². The lowest BCUT2D eigenvalue weighted by Gasteiger charge is -2.56. The number of aromatic nitrogens is 2. The molecule has 138 valence electrons. The minimum absolute atomic E-state index is 0.213. The molecule has 8 heteroatoms. The molecule has 26 heavy (non-hydrogen) atoms. The van der Waals surface area contributed by atoms with Crippen LogP contribution in [0.15, 0.2) is 22.9 Å². The largest absolute Gasteiger partial charge is 0.463 e. The van der Waals surface area contributed by atoms with Crippen molar-refractivity contribution in [2.75, 3.05) is 25.1 Å². The van der Waals surface area contributed by atoms with Gasteiger partial charge < -0.3 is 14.1 Å². The molecule has 7 nitrogen and oxygen atoms in total. The van der Waals surface area contributed by atoms with Crippen LogP contribution >= 0.6 is 0 Å². The fraction of sp³-hybridized carbons (Fsp3) is 0.500. The molecule has 0 N–H and O–H groups in total.